The van der Waals surface area contributed by atoms with Gasteiger partial charge in [0.25, 0.3) is 0 Å². The zero-order valence-corrected chi connectivity index (χ0v) is 14.1. The largest absolute Gasteiger partial charge is 0.384 e. The van der Waals surface area contributed by atoms with Crippen LogP contribution in [0.2, 0.25) is 0 Å². The van der Waals surface area contributed by atoms with Gasteiger partial charge in [0.05, 0.1) is 6.54 Å². The summed E-state index contributed by atoms with van der Waals surface area (Å²) in [5.41, 5.74) is 0.266. The van der Waals surface area contributed by atoms with E-state index >= 15 is 0 Å². The summed E-state index contributed by atoms with van der Waals surface area (Å²) in [4.78, 5) is 2.41. The minimum atomic E-state index is -0.778. The maximum absolute atomic E-state index is 11.5. The second-order valence-corrected chi connectivity index (χ2v) is 7.14. The molecular weight excluding hydrogens is 282 g/mol. The minimum absolute atomic E-state index is 0.347. The highest BCUT2D eigenvalue weighted by Gasteiger charge is 2.38. The molecule has 2 fully saturated rings. The smallest absolute Gasteiger partial charge is 0.103 e. The molecule has 0 amide bonds. The van der Waals surface area contributed by atoms with Gasteiger partial charge in [0.2, 0.25) is 0 Å². The zero-order chi connectivity index (χ0) is 16.0. The van der Waals surface area contributed by atoms with Gasteiger partial charge in [0.1, 0.15) is 5.60 Å². The quantitative estimate of drug-likeness (QED) is 0.851. The molecule has 0 aromatic heterocycles. The highest BCUT2D eigenvalue weighted by atomic mass is 16.3. The Morgan fingerprint density at radius 2 is 1.65 bits per heavy atom. The molecule has 2 aliphatic rings. The number of hydrogen-bond donors (Lipinski definition) is 1. The summed E-state index contributed by atoms with van der Waals surface area (Å²) in [7, 11) is 0. The van der Waals surface area contributed by atoms with Crippen LogP contribution >= 0.6 is 0 Å². The lowest BCUT2D eigenvalue weighted by atomic mass is 9.72. The van der Waals surface area contributed by atoms with E-state index in [2.05, 4.69) is 28.9 Å². The van der Waals surface area contributed by atoms with Crippen LogP contribution in [0.4, 0.5) is 0 Å². The average Bonchev–Trinajstić information content (AvgIpc) is 3.13. The maximum Gasteiger partial charge on any atom is 0.103 e. The van der Waals surface area contributed by atoms with Crippen LogP contribution in [0.3, 0.4) is 0 Å². The van der Waals surface area contributed by atoms with E-state index in [9.17, 15) is 5.11 Å². The molecule has 2 nitrogen and oxygen atoms in total. The lowest BCUT2D eigenvalue weighted by Crippen LogP contribution is -2.36. The first-order chi connectivity index (χ1) is 11.3. The summed E-state index contributed by atoms with van der Waals surface area (Å²) in [5, 5.41) is 11.5. The first kappa shape index (κ1) is 16.6. The van der Waals surface area contributed by atoms with Crippen LogP contribution in [0.25, 0.3) is 0 Å². The Hall–Kier alpha value is -1.30. The summed E-state index contributed by atoms with van der Waals surface area (Å²) < 4.78 is 0. The number of nitrogens with zero attached hydrogens (tertiary/aromatic N) is 1. The van der Waals surface area contributed by atoms with E-state index in [1.807, 2.05) is 18.2 Å². The van der Waals surface area contributed by atoms with Crippen LogP contribution in [0.5, 0.6) is 0 Å². The van der Waals surface area contributed by atoms with Crippen molar-refractivity contribution in [2.24, 2.45) is 5.92 Å². The third-order valence-corrected chi connectivity index (χ3v) is 5.54. The number of aliphatic hydroxyl groups is 1. The van der Waals surface area contributed by atoms with Crippen LogP contribution < -0.4 is 0 Å². The monoisotopic (exact) mass is 311 g/mol. The topological polar surface area (TPSA) is 23.5 Å². The standard InChI is InChI=1S/C21H29NO/c23-21(19-11-3-1-4-12-19,20-13-5-2-6-14-20)15-7-8-16-22-17-9-10-18-22/h1,3-4,11-12,20,23H,2,5-6,9-10,13-18H2. The number of likely N-dealkylation sites (tertiary alicyclic amines) is 1. The first-order valence-corrected chi connectivity index (χ1v) is 9.25. The molecular formula is C21H29NO. The summed E-state index contributed by atoms with van der Waals surface area (Å²) in [6.07, 6.45) is 9.20. The summed E-state index contributed by atoms with van der Waals surface area (Å²) in [6, 6.07) is 10.2. The van der Waals surface area contributed by atoms with E-state index in [4.69, 9.17) is 0 Å². The Morgan fingerprint density at radius 3 is 2.35 bits per heavy atom. The van der Waals surface area contributed by atoms with Gasteiger partial charge in [-0.1, -0.05) is 61.4 Å². The van der Waals surface area contributed by atoms with Crippen LogP contribution in [0, 0.1) is 17.8 Å². The molecule has 1 aliphatic heterocycles. The van der Waals surface area contributed by atoms with Crippen molar-refractivity contribution in [1.29, 1.82) is 0 Å². The molecule has 3 rings (SSSR count). The third kappa shape index (κ3) is 4.16. The van der Waals surface area contributed by atoms with Crippen molar-refractivity contribution >= 4 is 0 Å². The van der Waals surface area contributed by atoms with Crippen LogP contribution in [-0.4, -0.2) is 29.6 Å². The van der Waals surface area contributed by atoms with Crippen molar-refractivity contribution in [2.75, 3.05) is 19.6 Å². The van der Waals surface area contributed by atoms with Crippen molar-refractivity contribution in [1.82, 2.24) is 4.90 Å². The minimum Gasteiger partial charge on any atom is -0.384 e. The van der Waals surface area contributed by atoms with Gasteiger partial charge in [-0.3, -0.25) is 4.90 Å². The number of hydrogen-bond acceptors (Lipinski definition) is 2. The van der Waals surface area contributed by atoms with Gasteiger partial charge in [-0.05, 0) is 50.3 Å². The second kappa shape index (κ2) is 7.99. The van der Waals surface area contributed by atoms with Gasteiger partial charge in [-0.25, -0.2) is 0 Å². The fourth-order valence-electron chi connectivity index (χ4n) is 4.09. The highest BCUT2D eigenvalue weighted by Crippen LogP contribution is 2.41. The molecule has 1 aromatic carbocycles. The second-order valence-electron chi connectivity index (χ2n) is 7.14. The predicted molar refractivity (Wildman–Crippen MR) is 95.0 cm³/mol. The molecule has 124 valence electrons. The third-order valence-electron chi connectivity index (χ3n) is 5.54. The van der Waals surface area contributed by atoms with Crippen molar-refractivity contribution in [2.45, 2.75) is 57.0 Å². The summed E-state index contributed by atoms with van der Waals surface area (Å²) >= 11 is 0. The van der Waals surface area contributed by atoms with E-state index in [-0.39, 0.29) is 0 Å². The molecule has 0 radical (unpaired) electrons. The van der Waals surface area contributed by atoms with Gasteiger partial charge >= 0.3 is 0 Å². The Bertz CT molecular complexity index is 532. The van der Waals surface area contributed by atoms with E-state index in [0.717, 1.165) is 24.9 Å². The SMILES string of the molecule is OC(CC#CCN1CCCC1)(c1ccccc1)C1CCCCC1. The molecule has 0 bridgehead atoms. The molecule has 1 aliphatic carbocycles. The molecule has 1 heterocycles. The van der Waals surface area contributed by atoms with E-state index in [0.29, 0.717) is 12.3 Å². The van der Waals surface area contributed by atoms with Crippen molar-refractivity contribution < 1.29 is 5.11 Å². The molecule has 1 aromatic rings. The highest BCUT2D eigenvalue weighted by molar-refractivity contribution is 5.26. The van der Waals surface area contributed by atoms with Gasteiger partial charge in [-0.15, -0.1) is 0 Å². The predicted octanol–water partition coefficient (Wildman–Crippen LogP) is 3.94. The Morgan fingerprint density at radius 1 is 0.957 bits per heavy atom. The molecule has 1 unspecified atom stereocenters. The number of rotatable bonds is 4. The molecule has 1 N–H and O–H groups in total. The summed E-state index contributed by atoms with van der Waals surface area (Å²) in [6.45, 7) is 3.22. The summed E-state index contributed by atoms with van der Waals surface area (Å²) in [5.74, 6) is 6.96. The normalized spacial score (nSPS) is 22.3. The lowest BCUT2D eigenvalue weighted by molar-refractivity contribution is -0.0344. The maximum atomic E-state index is 11.5. The van der Waals surface area contributed by atoms with E-state index in [1.165, 1.54) is 45.2 Å². The molecule has 23 heavy (non-hydrogen) atoms. The molecule has 2 heteroatoms. The zero-order valence-electron chi connectivity index (χ0n) is 14.1. The molecule has 1 saturated carbocycles. The van der Waals surface area contributed by atoms with Crippen molar-refractivity contribution in [3.8, 4) is 11.8 Å². The van der Waals surface area contributed by atoms with Gasteiger partial charge < -0.3 is 5.11 Å². The Kier molecular flexibility index (Phi) is 5.75. The van der Waals surface area contributed by atoms with E-state index in [1.54, 1.807) is 0 Å². The lowest BCUT2D eigenvalue weighted by Gasteiger charge is -2.38. The Balaban J connectivity index is 1.71. The average molecular weight is 311 g/mol. The van der Waals surface area contributed by atoms with Gasteiger partial charge in [0.15, 0.2) is 0 Å². The molecule has 1 saturated heterocycles. The van der Waals surface area contributed by atoms with Crippen LogP contribution in [0.15, 0.2) is 30.3 Å². The number of benzene rings is 1. The van der Waals surface area contributed by atoms with Gasteiger partial charge in [0, 0.05) is 6.42 Å². The first-order valence-electron chi connectivity index (χ1n) is 9.25. The fourth-order valence-corrected chi connectivity index (χ4v) is 4.09. The van der Waals surface area contributed by atoms with E-state index < -0.39 is 5.60 Å². The van der Waals surface area contributed by atoms with Crippen molar-refractivity contribution in [3.05, 3.63) is 35.9 Å². The van der Waals surface area contributed by atoms with Crippen LogP contribution in [-0.2, 0) is 5.60 Å². The molecule has 0 spiro atoms. The molecule has 1 atom stereocenters. The van der Waals surface area contributed by atoms with Crippen LogP contribution in [0.1, 0.15) is 56.9 Å². The fraction of sp³-hybridized carbons (Fsp3) is 0.619. The Labute approximate surface area is 140 Å². The van der Waals surface area contributed by atoms with Crippen molar-refractivity contribution in [3.63, 3.8) is 0 Å². The van der Waals surface area contributed by atoms with Gasteiger partial charge in [-0.2, -0.15) is 0 Å².